The molecular formula is C11H19NO4S2. The molecule has 7 heteroatoms. The van der Waals surface area contributed by atoms with Crippen molar-refractivity contribution in [1.29, 1.82) is 0 Å². The number of carboxylic acid groups (broad SMARTS) is 1. The third-order valence-corrected chi connectivity index (χ3v) is 5.13. The second-order valence-corrected chi connectivity index (χ2v) is 7.11. The van der Waals surface area contributed by atoms with Crippen LogP contribution in [-0.4, -0.2) is 48.2 Å². The predicted molar refractivity (Wildman–Crippen MR) is 73.7 cm³/mol. The quantitative estimate of drug-likeness (QED) is 0.520. The Morgan fingerprint density at radius 2 is 2.11 bits per heavy atom. The normalized spacial score (nSPS) is 22.9. The minimum absolute atomic E-state index is 0.0520. The summed E-state index contributed by atoms with van der Waals surface area (Å²) >= 11 is 0. The van der Waals surface area contributed by atoms with Crippen LogP contribution in [0.3, 0.4) is 0 Å². The van der Waals surface area contributed by atoms with Gasteiger partial charge in [0.2, 0.25) is 5.91 Å². The van der Waals surface area contributed by atoms with Crippen molar-refractivity contribution < 1.29 is 19.4 Å². The van der Waals surface area contributed by atoms with Crippen molar-refractivity contribution in [2.75, 3.05) is 31.3 Å². The number of carboxylic acids is 1. The van der Waals surface area contributed by atoms with Crippen molar-refractivity contribution in [1.82, 2.24) is 5.32 Å². The lowest BCUT2D eigenvalue weighted by Gasteiger charge is -2.20. The molecule has 1 unspecified atom stereocenters. The molecule has 0 radical (unpaired) electrons. The lowest BCUT2D eigenvalue weighted by atomic mass is 9.89. The Morgan fingerprint density at radius 1 is 1.39 bits per heavy atom. The molecule has 1 atom stereocenters. The van der Waals surface area contributed by atoms with Crippen molar-refractivity contribution >= 4 is 33.5 Å². The molecule has 0 aliphatic carbocycles. The molecular weight excluding hydrogens is 274 g/mol. The van der Waals surface area contributed by atoms with Gasteiger partial charge in [-0.2, -0.15) is 0 Å². The molecule has 1 aliphatic heterocycles. The summed E-state index contributed by atoms with van der Waals surface area (Å²) in [4.78, 5) is 22.1. The number of amides is 1. The van der Waals surface area contributed by atoms with E-state index in [2.05, 4.69) is 5.32 Å². The lowest BCUT2D eigenvalue weighted by Crippen LogP contribution is -2.40. The van der Waals surface area contributed by atoms with E-state index < -0.39 is 5.97 Å². The first kappa shape index (κ1) is 15.7. The van der Waals surface area contributed by atoms with Crippen LogP contribution >= 0.6 is 21.6 Å². The van der Waals surface area contributed by atoms with Crippen molar-refractivity contribution in [2.45, 2.75) is 19.8 Å². The second kappa shape index (κ2) is 7.91. The summed E-state index contributed by atoms with van der Waals surface area (Å²) in [5, 5.41) is 11.3. The Balaban J connectivity index is 2.00. The smallest absolute Gasteiger partial charge is 0.304 e. The second-order valence-electron chi connectivity index (χ2n) is 4.41. The summed E-state index contributed by atoms with van der Waals surface area (Å²) < 4.78 is 5.24. The zero-order valence-corrected chi connectivity index (χ0v) is 12.1. The van der Waals surface area contributed by atoms with Crippen molar-refractivity contribution in [3.63, 3.8) is 0 Å². The molecule has 0 aromatic carbocycles. The molecule has 1 rings (SSSR count). The molecule has 5 nitrogen and oxygen atoms in total. The first-order chi connectivity index (χ1) is 8.54. The summed E-state index contributed by atoms with van der Waals surface area (Å²) in [5.41, 5.74) is -0.374. The lowest BCUT2D eigenvalue weighted by molar-refractivity contribution is -0.136. The van der Waals surface area contributed by atoms with E-state index in [4.69, 9.17) is 9.84 Å². The summed E-state index contributed by atoms with van der Waals surface area (Å²) in [6.07, 6.45) is 0.957. The van der Waals surface area contributed by atoms with E-state index in [0.29, 0.717) is 25.5 Å². The van der Waals surface area contributed by atoms with Crippen LogP contribution < -0.4 is 5.32 Å². The van der Waals surface area contributed by atoms with Gasteiger partial charge < -0.3 is 15.2 Å². The van der Waals surface area contributed by atoms with Gasteiger partial charge in [0, 0.05) is 24.7 Å². The zero-order valence-electron chi connectivity index (χ0n) is 10.4. The minimum Gasteiger partial charge on any atom is -0.481 e. The van der Waals surface area contributed by atoms with Crippen molar-refractivity contribution in [3.05, 3.63) is 0 Å². The van der Waals surface area contributed by atoms with E-state index in [9.17, 15) is 9.59 Å². The van der Waals surface area contributed by atoms with Crippen LogP contribution in [0.5, 0.6) is 0 Å². The molecule has 0 spiro atoms. The highest BCUT2D eigenvalue weighted by Crippen LogP contribution is 2.28. The number of nitrogens with one attached hydrogen (secondary N) is 1. The van der Waals surface area contributed by atoms with Gasteiger partial charge in [0.25, 0.3) is 0 Å². The molecule has 1 fully saturated rings. The predicted octanol–water partition coefficient (Wildman–Crippen LogP) is 1.39. The highest BCUT2D eigenvalue weighted by atomic mass is 33.1. The maximum atomic E-state index is 11.9. The fourth-order valence-electron chi connectivity index (χ4n) is 1.51. The van der Waals surface area contributed by atoms with Gasteiger partial charge in [-0.05, 0) is 13.3 Å². The molecule has 0 aromatic heterocycles. The summed E-state index contributed by atoms with van der Waals surface area (Å²) in [5.74, 6) is 0.661. The highest BCUT2D eigenvalue weighted by molar-refractivity contribution is 8.76. The van der Waals surface area contributed by atoms with Crippen LogP contribution in [0, 0.1) is 5.41 Å². The van der Waals surface area contributed by atoms with Crippen molar-refractivity contribution in [2.24, 2.45) is 5.41 Å². The number of carbonyl (C=O) groups excluding carboxylic acids is 1. The van der Waals surface area contributed by atoms with E-state index in [1.165, 1.54) is 10.8 Å². The van der Waals surface area contributed by atoms with Gasteiger partial charge in [-0.1, -0.05) is 21.6 Å². The molecule has 18 heavy (non-hydrogen) atoms. The molecule has 1 amide bonds. The summed E-state index contributed by atoms with van der Waals surface area (Å²) in [6.45, 7) is 3.69. The summed E-state index contributed by atoms with van der Waals surface area (Å²) in [7, 11) is 3.11. The summed E-state index contributed by atoms with van der Waals surface area (Å²) in [6, 6.07) is 0. The van der Waals surface area contributed by atoms with Crippen LogP contribution in [-0.2, 0) is 14.3 Å². The Morgan fingerprint density at radius 3 is 2.72 bits per heavy atom. The van der Waals surface area contributed by atoms with E-state index in [1.807, 2.05) is 6.92 Å². The van der Waals surface area contributed by atoms with Gasteiger partial charge >= 0.3 is 5.97 Å². The van der Waals surface area contributed by atoms with E-state index >= 15 is 0 Å². The number of aliphatic carboxylic acids is 1. The molecule has 0 aromatic rings. The number of rotatable bonds is 8. The molecule has 104 valence electrons. The van der Waals surface area contributed by atoms with Crippen LogP contribution in [0.2, 0.25) is 0 Å². The number of hydrogen-bond donors (Lipinski definition) is 2. The van der Waals surface area contributed by atoms with Gasteiger partial charge in [0.15, 0.2) is 0 Å². The average Bonchev–Trinajstić information content (AvgIpc) is 2.75. The first-order valence-electron chi connectivity index (χ1n) is 5.87. The monoisotopic (exact) mass is 293 g/mol. The molecule has 2 N–H and O–H groups in total. The van der Waals surface area contributed by atoms with Crippen LogP contribution in [0.1, 0.15) is 19.8 Å². The number of ether oxygens (including phenoxy) is 1. The average molecular weight is 293 g/mol. The van der Waals surface area contributed by atoms with Gasteiger partial charge in [-0.15, -0.1) is 0 Å². The maximum absolute atomic E-state index is 11.9. The fourth-order valence-corrected chi connectivity index (χ4v) is 3.40. The van der Waals surface area contributed by atoms with Crippen molar-refractivity contribution in [3.8, 4) is 0 Å². The largest absolute Gasteiger partial charge is 0.481 e. The van der Waals surface area contributed by atoms with Gasteiger partial charge in [-0.3, -0.25) is 9.59 Å². The SMILES string of the molecule is CC1(C(=O)NCCSSCCC(=O)O)CCOC1. The molecule has 1 heterocycles. The Labute approximate surface area is 115 Å². The first-order valence-corrected chi connectivity index (χ1v) is 8.36. The standard InChI is InChI=1S/C11H19NO4S2/c1-11(3-5-16-8-11)10(15)12-4-7-18-17-6-2-9(13)14/h2-8H2,1H3,(H,12,15)(H,13,14). The maximum Gasteiger partial charge on any atom is 0.304 e. The van der Waals surface area contributed by atoms with Gasteiger partial charge in [-0.25, -0.2) is 0 Å². The highest BCUT2D eigenvalue weighted by Gasteiger charge is 2.36. The Bertz CT molecular complexity index is 293. The third kappa shape index (κ3) is 5.49. The van der Waals surface area contributed by atoms with Gasteiger partial charge in [0.1, 0.15) is 0 Å². The molecule has 1 aliphatic rings. The fraction of sp³-hybridized carbons (Fsp3) is 0.818. The third-order valence-electron chi connectivity index (χ3n) is 2.72. The topological polar surface area (TPSA) is 75.6 Å². The Kier molecular flexibility index (Phi) is 6.88. The van der Waals surface area contributed by atoms with E-state index in [-0.39, 0.29) is 17.7 Å². The molecule has 0 saturated carbocycles. The van der Waals surface area contributed by atoms with Gasteiger partial charge in [0.05, 0.1) is 18.4 Å². The molecule has 0 bridgehead atoms. The number of hydrogen-bond acceptors (Lipinski definition) is 5. The molecule has 1 saturated heterocycles. The Hall–Kier alpha value is -0.400. The number of carbonyl (C=O) groups is 2. The van der Waals surface area contributed by atoms with E-state index in [0.717, 1.165) is 12.2 Å². The van der Waals surface area contributed by atoms with Crippen LogP contribution in [0.15, 0.2) is 0 Å². The van der Waals surface area contributed by atoms with Crippen LogP contribution in [0.4, 0.5) is 0 Å². The van der Waals surface area contributed by atoms with Crippen LogP contribution in [0.25, 0.3) is 0 Å². The zero-order chi connectivity index (χ0) is 13.4. The minimum atomic E-state index is -0.773. The van der Waals surface area contributed by atoms with E-state index in [1.54, 1.807) is 10.8 Å².